The number of benzene rings is 2. The number of ether oxygens (including phenoxy) is 3. The van der Waals surface area contributed by atoms with Gasteiger partial charge in [0.05, 0.1) is 18.8 Å². The Hall–Kier alpha value is -2.93. The summed E-state index contributed by atoms with van der Waals surface area (Å²) >= 11 is 5.84. The lowest BCUT2D eigenvalue weighted by molar-refractivity contribution is -0.119. The zero-order chi connectivity index (χ0) is 18.5. The van der Waals surface area contributed by atoms with Crippen molar-refractivity contribution in [3.63, 3.8) is 0 Å². The van der Waals surface area contributed by atoms with E-state index in [2.05, 4.69) is 5.32 Å². The maximum absolute atomic E-state index is 12.0. The molecule has 8 heteroatoms. The summed E-state index contributed by atoms with van der Waals surface area (Å²) in [6.45, 7) is 0.670. The highest BCUT2D eigenvalue weighted by atomic mass is 35.5. The van der Waals surface area contributed by atoms with Gasteiger partial charge in [0, 0.05) is 28.9 Å². The normalized spacial score (nSPS) is 12.8. The number of anilines is 2. The number of hydrogen-bond donors (Lipinski definition) is 2. The number of nitrogens with two attached hydrogens (primary N) is 1. The smallest absolute Gasteiger partial charge is 0.340 e. The quantitative estimate of drug-likeness (QED) is 0.628. The van der Waals surface area contributed by atoms with Crippen LogP contribution in [0.2, 0.25) is 5.02 Å². The first-order chi connectivity index (χ1) is 12.5. The van der Waals surface area contributed by atoms with Crippen LogP contribution < -0.4 is 20.5 Å². The minimum absolute atomic E-state index is 0.112. The van der Waals surface area contributed by atoms with Crippen LogP contribution in [0.4, 0.5) is 11.4 Å². The van der Waals surface area contributed by atoms with E-state index in [0.717, 1.165) is 6.42 Å². The number of nitrogens with one attached hydrogen (secondary N) is 1. The lowest BCUT2D eigenvalue weighted by Gasteiger charge is -2.11. The number of carbonyl (C=O) groups excluding carboxylic acids is 2. The zero-order valence-corrected chi connectivity index (χ0v) is 14.5. The third kappa shape index (κ3) is 4.37. The van der Waals surface area contributed by atoms with Gasteiger partial charge < -0.3 is 25.3 Å². The van der Waals surface area contributed by atoms with Crippen LogP contribution in [0.3, 0.4) is 0 Å². The lowest BCUT2D eigenvalue weighted by atomic mass is 10.2. The number of halogens is 1. The van der Waals surface area contributed by atoms with Crippen LogP contribution in [-0.4, -0.2) is 31.7 Å². The zero-order valence-electron chi connectivity index (χ0n) is 13.8. The predicted octanol–water partition coefficient (Wildman–Crippen LogP) is 2.88. The number of nitrogen functional groups attached to an aromatic ring is 1. The van der Waals surface area contributed by atoms with Gasteiger partial charge in [0.1, 0.15) is 0 Å². The Balaban J connectivity index is 1.58. The molecule has 0 saturated carbocycles. The standard InChI is InChI=1S/C18H17ClN2O5/c19-11-2-4-14(20)13(8-11)18(23)26-10-17(22)21-12-3-5-15-16(9-12)25-7-1-6-24-15/h2-5,8-9H,1,6-7,10,20H2,(H,21,22). The number of carbonyl (C=O) groups is 2. The van der Waals surface area contributed by atoms with Crippen LogP contribution >= 0.6 is 11.6 Å². The van der Waals surface area contributed by atoms with Crippen LogP contribution in [-0.2, 0) is 9.53 Å². The minimum atomic E-state index is -0.723. The Morgan fingerprint density at radius 3 is 2.69 bits per heavy atom. The molecule has 0 radical (unpaired) electrons. The molecule has 1 heterocycles. The van der Waals surface area contributed by atoms with Gasteiger partial charge in [0.25, 0.3) is 5.91 Å². The number of fused-ring (bicyclic) bond motifs is 1. The van der Waals surface area contributed by atoms with Crippen molar-refractivity contribution in [3.8, 4) is 11.5 Å². The topological polar surface area (TPSA) is 99.9 Å². The van der Waals surface area contributed by atoms with E-state index in [0.29, 0.717) is 35.4 Å². The maximum Gasteiger partial charge on any atom is 0.340 e. The average molecular weight is 377 g/mol. The van der Waals surface area contributed by atoms with Gasteiger partial charge >= 0.3 is 5.97 Å². The molecule has 0 aromatic heterocycles. The summed E-state index contributed by atoms with van der Waals surface area (Å²) in [4.78, 5) is 24.0. The Bertz CT molecular complexity index is 840. The molecule has 1 aliphatic rings. The summed E-state index contributed by atoms with van der Waals surface area (Å²) in [5.41, 5.74) is 6.56. The van der Waals surface area contributed by atoms with Crippen molar-refractivity contribution in [2.45, 2.75) is 6.42 Å². The van der Waals surface area contributed by atoms with Crippen molar-refractivity contribution in [1.82, 2.24) is 0 Å². The van der Waals surface area contributed by atoms with E-state index in [1.54, 1.807) is 24.3 Å². The van der Waals surface area contributed by atoms with Crippen molar-refractivity contribution in [3.05, 3.63) is 47.0 Å². The van der Waals surface area contributed by atoms with Crippen LogP contribution in [0.1, 0.15) is 16.8 Å². The molecule has 0 unspecified atom stereocenters. The van der Waals surface area contributed by atoms with Gasteiger partial charge in [0.2, 0.25) is 0 Å². The van der Waals surface area contributed by atoms with Crippen LogP contribution in [0.5, 0.6) is 11.5 Å². The largest absolute Gasteiger partial charge is 0.490 e. The lowest BCUT2D eigenvalue weighted by Crippen LogP contribution is -2.21. The Morgan fingerprint density at radius 2 is 1.88 bits per heavy atom. The summed E-state index contributed by atoms with van der Waals surface area (Å²) in [6, 6.07) is 9.51. The highest BCUT2D eigenvalue weighted by molar-refractivity contribution is 6.31. The first-order valence-electron chi connectivity index (χ1n) is 7.94. The number of esters is 1. The third-order valence-corrected chi connectivity index (χ3v) is 3.84. The number of rotatable bonds is 4. The van der Waals surface area contributed by atoms with E-state index in [-0.39, 0.29) is 11.3 Å². The van der Waals surface area contributed by atoms with Gasteiger partial charge in [-0.2, -0.15) is 0 Å². The van der Waals surface area contributed by atoms with Crippen molar-refractivity contribution >= 4 is 34.9 Å². The fraction of sp³-hybridized carbons (Fsp3) is 0.222. The predicted molar refractivity (Wildman–Crippen MR) is 96.8 cm³/mol. The molecule has 0 saturated heterocycles. The summed E-state index contributed by atoms with van der Waals surface area (Å²) in [5, 5.41) is 2.99. The summed E-state index contributed by atoms with van der Waals surface area (Å²) in [5.74, 6) is -0.0281. The molecule has 3 N–H and O–H groups in total. The molecule has 2 aromatic rings. The van der Waals surface area contributed by atoms with E-state index in [9.17, 15) is 9.59 Å². The third-order valence-electron chi connectivity index (χ3n) is 3.60. The minimum Gasteiger partial charge on any atom is -0.490 e. The number of hydrogen-bond acceptors (Lipinski definition) is 6. The van der Waals surface area contributed by atoms with Crippen molar-refractivity contribution in [2.24, 2.45) is 0 Å². The van der Waals surface area contributed by atoms with Crippen molar-refractivity contribution in [2.75, 3.05) is 30.9 Å². The van der Waals surface area contributed by atoms with Gasteiger partial charge in [-0.1, -0.05) is 11.6 Å². The van der Waals surface area contributed by atoms with Crippen LogP contribution in [0.25, 0.3) is 0 Å². The molecule has 0 fully saturated rings. The fourth-order valence-corrected chi connectivity index (χ4v) is 2.52. The molecule has 1 aliphatic heterocycles. The molecular formula is C18H17ClN2O5. The van der Waals surface area contributed by atoms with E-state index < -0.39 is 18.5 Å². The molecule has 3 rings (SSSR count). The monoisotopic (exact) mass is 376 g/mol. The first kappa shape index (κ1) is 17.9. The molecule has 0 atom stereocenters. The second-order valence-corrected chi connectivity index (χ2v) is 6.00. The van der Waals surface area contributed by atoms with Crippen LogP contribution in [0.15, 0.2) is 36.4 Å². The molecule has 2 aromatic carbocycles. The summed E-state index contributed by atoms with van der Waals surface area (Å²) < 4.78 is 16.1. The second kappa shape index (κ2) is 7.97. The van der Waals surface area contributed by atoms with Crippen molar-refractivity contribution < 1.29 is 23.8 Å². The maximum atomic E-state index is 12.0. The Morgan fingerprint density at radius 1 is 1.12 bits per heavy atom. The summed E-state index contributed by atoms with van der Waals surface area (Å²) in [6.07, 6.45) is 0.791. The van der Waals surface area contributed by atoms with Gasteiger partial charge in [-0.3, -0.25) is 4.79 Å². The average Bonchev–Trinajstić information content (AvgIpc) is 2.86. The molecule has 136 valence electrons. The Labute approximate surface area is 155 Å². The second-order valence-electron chi connectivity index (χ2n) is 5.57. The molecule has 7 nitrogen and oxygen atoms in total. The van der Waals surface area contributed by atoms with Crippen molar-refractivity contribution in [1.29, 1.82) is 0 Å². The molecule has 0 spiro atoms. The van der Waals surface area contributed by atoms with E-state index in [1.165, 1.54) is 12.1 Å². The van der Waals surface area contributed by atoms with Gasteiger partial charge in [0.15, 0.2) is 18.1 Å². The highest BCUT2D eigenvalue weighted by Crippen LogP contribution is 2.32. The van der Waals surface area contributed by atoms with Gasteiger partial charge in [-0.05, 0) is 30.3 Å². The molecule has 26 heavy (non-hydrogen) atoms. The molecular weight excluding hydrogens is 360 g/mol. The first-order valence-corrected chi connectivity index (χ1v) is 8.32. The van der Waals surface area contributed by atoms with E-state index in [4.69, 9.17) is 31.5 Å². The van der Waals surface area contributed by atoms with E-state index in [1.807, 2.05) is 0 Å². The van der Waals surface area contributed by atoms with Crippen LogP contribution in [0, 0.1) is 0 Å². The van der Waals surface area contributed by atoms with E-state index >= 15 is 0 Å². The fourth-order valence-electron chi connectivity index (χ4n) is 2.35. The number of amides is 1. The SMILES string of the molecule is Nc1ccc(Cl)cc1C(=O)OCC(=O)Nc1ccc2c(c1)OCCCO2. The van der Waals surface area contributed by atoms with Gasteiger partial charge in [-0.25, -0.2) is 4.79 Å². The molecule has 0 bridgehead atoms. The highest BCUT2D eigenvalue weighted by Gasteiger charge is 2.15. The Kier molecular flexibility index (Phi) is 5.48. The van der Waals surface area contributed by atoms with Gasteiger partial charge in [-0.15, -0.1) is 0 Å². The molecule has 0 aliphatic carbocycles. The summed E-state index contributed by atoms with van der Waals surface area (Å²) in [7, 11) is 0. The molecule has 1 amide bonds.